The van der Waals surface area contributed by atoms with Gasteiger partial charge in [-0.15, -0.1) is 0 Å². The van der Waals surface area contributed by atoms with Crippen molar-refractivity contribution >= 4 is 0 Å². The molecule has 0 saturated heterocycles. The molecule has 0 radical (unpaired) electrons. The zero-order valence-electron chi connectivity index (χ0n) is 8.03. The van der Waals surface area contributed by atoms with Crippen LogP contribution in [0.4, 0.5) is 0 Å². The highest BCUT2D eigenvalue weighted by atomic mass is 16.3. The Morgan fingerprint density at radius 1 is 1.23 bits per heavy atom. The normalized spacial score (nSPS) is 12.8. The Morgan fingerprint density at radius 3 is 2.23 bits per heavy atom. The van der Waals surface area contributed by atoms with Crippen LogP contribution < -0.4 is 5.73 Å². The molecule has 72 valence electrons. The standard InChI is InChI=1S/C11H17NO/c1-2-11(12)7-9-3-5-10(8-13)6-4-9/h3-6,11,13H,2,7-8,12H2,1H3/t11-/m0/s1. The molecular weight excluding hydrogens is 162 g/mol. The van der Waals surface area contributed by atoms with Crippen LogP contribution in [0.2, 0.25) is 0 Å². The van der Waals surface area contributed by atoms with E-state index in [9.17, 15) is 0 Å². The van der Waals surface area contributed by atoms with Gasteiger partial charge in [0.25, 0.3) is 0 Å². The first-order chi connectivity index (χ1) is 6.26. The van der Waals surface area contributed by atoms with Gasteiger partial charge in [-0.05, 0) is 24.0 Å². The van der Waals surface area contributed by atoms with Gasteiger partial charge < -0.3 is 10.8 Å². The molecular formula is C11H17NO. The van der Waals surface area contributed by atoms with E-state index in [1.165, 1.54) is 5.56 Å². The minimum Gasteiger partial charge on any atom is -0.392 e. The van der Waals surface area contributed by atoms with Crippen LogP contribution in [-0.2, 0) is 13.0 Å². The fourth-order valence-electron chi connectivity index (χ4n) is 1.23. The van der Waals surface area contributed by atoms with E-state index in [-0.39, 0.29) is 12.6 Å². The predicted octanol–water partition coefficient (Wildman–Crippen LogP) is 1.46. The van der Waals surface area contributed by atoms with Crippen LogP contribution in [0, 0.1) is 0 Å². The molecule has 2 nitrogen and oxygen atoms in total. The van der Waals surface area contributed by atoms with Gasteiger partial charge >= 0.3 is 0 Å². The lowest BCUT2D eigenvalue weighted by Gasteiger charge is -2.08. The Balaban J connectivity index is 2.58. The van der Waals surface area contributed by atoms with Crippen molar-refractivity contribution in [1.82, 2.24) is 0 Å². The average Bonchev–Trinajstić information content (AvgIpc) is 2.19. The maximum absolute atomic E-state index is 8.83. The number of aliphatic hydroxyl groups is 1. The van der Waals surface area contributed by atoms with Gasteiger partial charge in [-0.25, -0.2) is 0 Å². The average molecular weight is 179 g/mol. The molecule has 0 heterocycles. The summed E-state index contributed by atoms with van der Waals surface area (Å²) >= 11 is 0. The van der Waals surface area contributed by atoms with Gasteiger partial charge in [-0.1, -0.05) is 31.2 Å². The van der Waals surface area contributed by atoms with Crippen molar-refractivity contribution in [2.75, 3.05) is 0 Å². The summed E-state index contributed by atoms with van der Waals surface area (Å²) in [5.74, 6) is 0. The quantitative estimate of drug-likeness (QED) is 0.735. The molecule has 0 aliphatic rings. The molecule has 1 aromatic rings. The highest BCUT2D eigenvalue weighted by molar-refractivity contribution is 5.22. The minimum absolute atomic E-state index is 0.111. The van der Waals surface area contributed by atoms with Crippen molar-refractivity contribution in [3.8, 4) is 0 Å². The lowest BCUT2D eigenvalue weighted by Crippen LogP contribution is -2.21. The van der Waals surface area contributed by atoms with E-state index in [4.69, 9.17) is 10.8 Å². The predicted molar refractivity (Wildman–Crippen MR) is 54.3 cm³/mol. The molecule has 1 rings (SSSR count). The summed E-state index contributed by atoms with van der Waals surface area (Å²) in [5.41, 5.74) is 8.02. The van der Waals surface area contributed by atoms with E-state index in [2.05, 4.69) is 6.92 Å². The van der Waals surface area contributed by atoms with Gasteiger partial charge in [0, 0.05) is 6.04 Å². The van der Waals surface area contributed by atoms with E-state index >= 15 is 0 Å². The van der Waals surface area contributed by atoms with Gasteiger partial charge in [-0.2, -0.15) is 0 Å². The Hall–Kier alpha value is -0.860. The lowest BCUT2D eigenvalue weighted by molar-refractivity contribution is 0.282. The topological polar surface area (TPSA) is 46.2 Å². The Kier molecular flexibility index (Phi) is 3.93. The lowest BCUT2D eigenvalue weighted by atomic mass is 10.0. The second-order valence-corrected chi connectivity index (χ2v) is 3.35. The molecule has 0 saturated carbocycles. The molecule has 0 bridgehead atoms. The van der Waals surface area contributed by atoms with E-state index in [0.29, 0.717) is 0 Å². The van der Waals surface area contributed by atoms with Crippen LogP contribution in [0.1, 0.15) is 24.5 Å². The summed E-state index contributed by atoms with van der Waals surface area (Å²) in [7, 11) is 0. The van der Waals surface area contributed by atoms with Crippen molar-refractivity contribution in [3.05, 3.63) is 35.4 Å². The third-order valence-electron chi connectivity index (χ3n) is 2.23. The van der Waals surface area contributed by atoms with E-state index in [1.54, 1.807) is 0 Å². The number of hydrogen-bond donors (Lipinski definition) is 2. The molecule has 1 aromatic carbocycles. The Bertz CT molecular complexity index is 243. The minimum atomic E-state index is 0.111. The fraction of sp³-hybridized carbons (Fsp3) is 0.455. The van der Waals surface area contributed by atoms with Crippen LogP contribution in [-0.4, -0.2) is 11.1 Å². The molecule has 0 aliphatic carbocycles. The highest BCUT2D eigenvalue weighted by Gasteiger charge is 2.00. The smallest absolute Gasteiger partial charge is 0.0681 e. The summed E-state index contributed by atoms with van der Waals surface area (Å²) in [4.78, 5) is 0. The third kappa shape index (κ3) is 3.17. The summed E-state index contributed by atoms with van der Waals surface area (Å²) in [6, 6.07) is 8.19. The number of rotatable bonds is 4. The van der Waals surface area contributed by atoms with Crippen LogP contribution in [0.15, 0.2) is 24.3 Å². The van der Waals surface area contributed by atoms with Crippen molar-refractivity contribution in [1.29, 1.82) is 0 Å². The maximum Gasteiger partial charge on any atom is 0.0681 e. The molecule has 1 atom stereocenters. The molecule has 0 aliphatic heterocycles. The van der Waals surface area contributed by atoms with Crippen molar-refractivity contribution < 1.29 is 5.11 Å². The van der Waals surface area contributed by atoms with E-state index in [1.807, 2.05) is 24.3 Å². The molecule has 13 heavy (non-hydrogen) atoms. The van der Waals surface area contributed by atoms with Gasteiger partial charge in [0.05, 0.1) is 6.61 Å². The number of benzene rings is 1. The molecule has 0 amide bonds. The zero-order valence-corrected chi connectivity index (χ0v) is 8.03. The number of aliphatic hydroxyl groups excluding tert-OH is 1. The highest BCUT2D eigenvalue weighted by Crippen LogP contribution is 2.07. The summed E-state index contributed by atoms with van der Waals surface area (Å²) in [5, 5.41) is 8.83. The maximum atomic E-state index is 8.83. The molecule has 2 heteroatoms. The van der Waals surface area contributed by atoms with E-state index in [0.717, 1.165) is 18.4 Å². The van der Waals surface area contributed by atoms with Gasteiger partial charge in [0.2, 0.25) is 0 Å². The summed E-state index contributed by atoms with van der Waals surface area (Å²) in [6.07, 6.45) is 1.92. The first-order valence-corrected chi connectivity index (χ1v) is 4.70. The second kappa shape index (κ2) is 5.00. The Labute approximate surface area is 79.4 Å². The van der Waals surface area contributed by atoms with Gasteiger partial charge in [0.1, 0.15) is 0 Å². The zero-order chi connectivity index (χ0) is 9.68. The summed E-state index contributed by atoms with van der Waals surface area (Å²) in [6.45, 7) is 2.20. The monoisotopic (exact) mass is 179 g/mol. The number of hydrogen-bond acceptors (Lipinski definition) is 2. The van der Waals surface area contributed by atoms with Gasteiger partial charge in [-0.3, -0.25) is 0 Å². The van der Waals surface area contributed by atoms with Crippen LogP contribution in [0.3, 0.4) is 0 Å². The first-order valence-electron chi connectivity index (χ1n) is 4.70. The SMILES string of the molecule is CC[C@H](N)Cc1ccc(CO)cc1. The first kappa shape index (κ1) is 10.2. The molecule has 0 spiro atoms. The molecule has 3 N–H and O–H groups in total. The largest absolute Gasteiger partial charge is 0.392 e. The summed E-state index contributed by atoms with van der Waals surface area (Å²) < 4.78 is 0. The van der Waals surface area contributed by atoms with Crippen molar-refractivity contribution in [3.63, 3.8) is 0 Å². The molecule has 0 unspecified atom stereocenters. The van der Waals surface area contributed by atoms with Crippen molar-refractivity contribution in [2.45, 2.75) is 32.4 Å². The Morgan fingerprint density at radius 2 is 1.77 bits per heavy atom. The van der Waals surface area contributed by atoms with Crippen LogP contribution >= 0.6 is 0 Å². The number of nitrogens with two attached hydrogens (primary N) is 1. The third-order valence-corrected chi connectivity index (χ3v) is 2.23. The van der Waals surface area contributed by atoms with Crippen LogP contribution in [0.25, 0.3) is 0 Å². The molecule has 0 fully saturated rings. The second-order valence-electron chi connectivity index (χ2n) is 3.35. The van der Waals surface area contributed by atoms with Crippen LogP contribution in [0.5, 0.6) is 0 Å². The van der Waals surface area contributed by atoms with Crippen molar-refractivity contribution in [2.24, 2.45) is 5.73 Å². The van der Waals surface area contributed by atoms with Gasteiger partial charge in [0.15, 0.2) is 0 Å². The fourth-order valence-corrected chi connectivity index (χ4v) is 1.23. The molecule has 0 aromatic heterocycles. The van der Waals surface area contributed by atoms with E-state index < -0.39 is 0 Å².